The van der Waals surface area contributed by atoms with E-state index in [0.717, 1.165) is 24.1 Å². The van der Waals surface area contributed by atoms with Crippen LogP contribution in [0.25, 0.3) is 0 Å². The van der Waals surface area contributed by atoms with Gasteiger partial charge in [-0.1, -0.05) is 23.7 Å². The standard InChI is InChI=1S/C14H11ClFN3/c15-14-12(7-17)13(10-3-4-10)18-19(14)8-9-1-5-11(16)6-2-9/h1-2,5-6,10H,3-4,8H2. The minimum absolute atomic E-state index is 0.272. The number of nitriles is 1. The van der Waals surface area contributed by atoms with E-state index in [0.29, 0.717) is 23.2 Å². The second kappa shape index (κ2) is 4.67. The van der Waals surface area contributed by atoms with Crippen molar-refractivity contribution in [1.82, 2.24) is 9.78 Å². The molecule has 0 bridgehead atoms. The fraction of sp³-hybridized carbons (Fsp3) is 0.286. The SMILES string of the molecule is N#Cc1c(C2CC2)nn(Cc2ccc(F)cc2)c1Cl. The van der Waals surface area contributed by atoms with Crippen LogP contribution in [0.4, 0.5) is 4.39 Å². The fourth-order valence-electron chi connectivity index (χ4n) is 2.07. The van der Waals surface area contributed by atoms with Crippen LogP contribution in [0, 0.1) is 17.1 Å². The Hall–Kier alpha value is -1.86. The van der Waals surface area contributed by atoms with Crippen molar-refractivity contribution in [3.63, 3.8) is 0 Å². The van der Waals surface area contributed by atoms with Crippen molar-refractivity contribution in [3.05, 3.63) is 52.1 Å². The maximum Gasteiger partial charge on any atom is 0.145 e. The molecule has 0 radical (unpaired) electrons. The lowest BCUT2D eigenvalue weighted by Gasteiger charge is -2.03. The normalized spacial score (nSPS) is 14.4. The van der Waals surface area contributed by atoms with Gasteiger partial charge in [0.1, 0.15) is 22.6 Å². The summed E-state index contributed by atoms with van der Waals surface area (Å²) in [7, 11) is 0. The van der Waals surface area contributed by atoms with Gasteiger partial charge >= 0.3 is 0 Å². The van der Waals surface area contributed by atoms with Gasteiger partial charge in [-0.25, -0.2) is 9.07 Å². The summed E-state index contributed by atoms with van der Waals surface area (Å²) in [6.45, 7) is 0.445. The summed E-state index contributed by atoms with van der Waals surface area (Å²) >= 11 is 6.19. The Morgan fingerprint density at radius 1 is 1.37 bits per heavy atom. The Morgan fingerprint density at radius 3 is 2.63 bits per heavy atom. The van der Waals surface area contributed by atoms with Crippen LogP contribution in [0.15, 0.2) is 24.3 Å². The van der Waals surface area contributed by atoms with Gasteiger partial charge in [-0.15, -0.1) is 0 Å². The highest BCUT2D eigenvalue weighted by Crippen LogP contribution is 2.42. The van der Waals surface area contributed by atoms with Crippen molar-refractivity contribution < 1.29 is 4.39 Å². The number of halogens is 2. The molecule has 0 aliphatic heterocycles. The summed E-state index contributed by atoms with van der Waals surface area (Å²) in [5, 5.41) is 14.0. The smallest absolute Gasteiger partial charge is 0.145 e. The third-order valence-corrected chi connectivity index (χ3v) is 3.62. The highest BCUT2D eigenvalue weighted by Gasteiger charge is 2.31. The molecule has 1 aliphatic rings. The predicted octanol–water partition coefficient (Wildman–Crippen LogP) is 3.47. The predicted molar refractivity (Wildman–Crippen MR) is 69.4 cm³/mol. The maximum atomic E-state index is 12.9. The molecular weight excluding hydrogens is 265 g/mol. The average Bonchev–Trinajstić information content (AvgIpc) is 3.19. The van der Waals surface area contributed by atoms with Crippen molar-refractivity contribution in [2.24, 2.45) is 0 Å². The number of benzene rings is 1. The van der Waals surface area contributed by atoms with Crippen LogP contribution in [0.2, 0.25) is 5.15 Å². The zero-order chi connectivity index (χ0) is 13.4. The highest BCUT2D eigenvalue weighted by molar-refractivity contribution is 6.30. The molecule has 1 aliphatic carbocycles. The fourth-order valence-corrected chi connectivity index (χ4v) is 2.31. The number of rotatable bonds is 3. The monoisotopic (exact) mass is 275 g/mol. The van der Waals surface area contributed by atoms with E-state index >= 15 is 0 Å². The van der Waals surface area contributed by atoms with Gasteiger partial charge in [0.25, 0.3) is 0 Å². The number of hydrogen-bond donors (Lipinski definition) is 0. The van der Waals surface area contributed by atoms with Crippen LogP contribution >= 0.6 is 11.6 Å². The first-order chi connectivity index (χ1) is 9.19. The lowest BCUT2D eigenvalue weighted by molar-refractivity contribution is 0.624. The summed E-state index contributed by atoms with van der Waals surface area (Å²) < 4.78 is 14.5. The first-order valence-corrected chi connectivity index (χ1v) is 6.47. The van der Waals surface area contributed by atoms with Crippen LogP contribution in [0.1, 0.15) is 35.6 Å². The third kappa shape index (κ3) is 2.34. The van der Waals surface area contributed by atoms with Crippen LogP contribution in [-0.2, 0) is 6.54 Å². The van der Waals surface area contributed by atoms with Crippen molar-refractivity contribution in [2.45, 2.75) is 25.3 Å². The molecule has 5 heteroatoms. The van der Waals surface area contributed by atoms with Crippen LogP contribution < -0.4 is 0 Å². The number of hydrogen-bond acceptors (Lipinski definition) is 2. The van der Waals surface area contributed by atoms with Gasteiger partial charge in [0, 0.05) is 5.92 Å². The molecule has 1 aromatic heterocycles. The molecule has 0 amide bonds. The van der Waals surface area contributed by atoms with E-state index < -0.39 is 0 Å². The molecule has 0 unspecified atom stereocenters. The second-order valence-corrected chi connectivity index (χ2v) is 5.08. The molecule has 3 nitrogen and oxygen atoms in total. The number of aromatic nitrogens is 2. The number of nitrogens with zero attached hydrogens (tertiary/aromatic N) is 3. The van der Waals surface area contributed by atoms with E-state index in [2.05, 4.69) is 11.2 Å². The zero-order valence-corrected chi connectivity index (χ0v) is 10.9. The van der Waals surface area contributed by atoms with Gasteiger partial charge in [0.15, 0.2) is 0 Å². The van der Waals surface area contributed by atoms with Gasteiger partial charge in [0.2, 0.25) is 0 Å². The van der Waals surface area contributed by atoms with Crippen molar-refractivity contribution in [2.75, 3.05) is 0 Å². The van der Waals surface area contributed by atoms with E-state index in [1.54, 1.807) is 16.8 Å². The molecule has 19 heavy (non-hydrogen) atoms. The van der Waals surface area contributed by atoms with Crippen molar-refractivity contribution in [1.29, 1.82) is 5.26 Å². The first kappa shape index (κ1) is 12.2. The molecule has 1 fully saturated rings. The second-order valence-electron chi connectivity index (χ2n) is 4.72. The first-order valence-electron chi connectivity index (χ1n) is 6.10. The van der Waals surface area contributed by atoms with Crippen LogP contribution in [-0.4, -0.2) is 9.78 Å². The molecule has 0 spiro atoms. The largest absolute Gasteiger partial charge is 0.248 e. The summed E-state index contributed by atoms with van der Waals surface area (Å²) in [5.41, 5.74) is 2.18. The topological polar surface area (TPSA) is 41.6 Å². The summed E-state index contributed by atoms with van der Waals surface area (Å²) in [4.78, 5) is 0. The third-order valence-electron chi connectivity index (χ3n) is 3.24. The van der Waals surface area contributed by atoms with Gasteiger partial charge in [-0.05, 0) is 30.5 Å². The van der Waals surface area contributed by atoms with E-state index in [1.165, 1.54) is 12.1 Å². The van der Waals surface area contributed by atoms with Crippen molar-refractivity contribution in [3.8, 4) is 6.07 Å². The average molecular weight is 276 g/mol. The molecule has 2 aromatic rings. The lowest BCUT2D eigenvalue weighted by atomic mass is 10.2. The summed E-state index contributed by atoms with van der Waals surface area (Å²) in [5.74, 6) is 0.105. The summed E-state index contributed by atoms with van der Waals surface area (Å²) in [6.07, 6.45) is 2.14. The maximum absolute atomic E-state index is 12.9. The molecule has 1 heterocycles. The van der Waals surface area contributed by atoms with Crippen molar-refractivity contribution >= 4 is 11.6 Å². The Morgan fingerprint density at radius 2 is 2.05 bits per heavy atom. The molecule has 0 atom stereocenters. The zero-order valence-electron chi connectivity index (χ0n) is 10.1. The molecule has 0 saturated heterocycles. The van der Waals surface area contributed by atoms with E-state index in [4.69, 9.17) is 16.9 Å². The minimum Gasteiger partial charge on any atom is -0.248 e. The quantitative estimate of drug-likeness (QED) is 0.861. The molecule has 96 valence electrons. The van der Waals surface area contributed by atoms with E-state index in [9.17, 15) is 4.39 Å². The Labute approximate surface area is 115 Å². The Bertz CT molecular complexity index is 651. The van der Waals surface area contributed by atoms with E-state index in [1.807, 2.05) is 0 Å². The lowest BCUT2D eigenvalue weighted by Crippen LogP contribution is -2.02. The molecule has 0 N–H and O–H groups in total. The molecule has 1 aromatic carbocycles. The van der Waals surface area contributed by atoms with Gasteiger partial charge < -0.3 is 0 Å². The highest BCUT2D eigenvalue weighted by atomic mass is 35.5. The Kier molecular flexibility index (Phi) is 3.00. The van der Waals surface area contributed by atoms with Crippen LogP contribution in [0.3, 0.4) is 0 Å². The molecule has 1 saturated carbocycles. The molecule has 3 rings (SSSR count). The molecular formula is C14H11ClFN3. The van der Waals surface area contributed by atoms with E-state index in [-0.39, 0.29) is 5.82 Å². The summed E-state index contributed by atoms with van der Waals surface area (Å²) in [6, 6.07) is 8.31. The van der Waals surface area contributed by atoms with Crippen LogP contribution in [0.5, 0.6) is 0 Å². The van der Waals surface area contributed by atoms with Gasteiger partial charge in [-0.2, -0.15) is 10.4 Å². The Balaban J connectivity index is 1.93. The van der Waals surface area contributed by atoms with Gasteiger partial charge in [0.05, 0.1) is 12.2 Å². The minimum atomic E-state index is -0.272. The van der Waals surface area contributed by atoms with Gasteiger partial charge in [-0.3, -0.25) is 0 Å².